The second-order valence-corrected chi connectivity index (χ2v) is 6.25. The Labute approximate surface area is 155 Å². The van der Waals surface area contributed by atoms with Gasteiger partial charge in [0.15, 0.2) is 5.58 Å². The van der Waals surface area contributed by atoms with Crippen LogP contribution in [0.4, 0.5) is 5.69 Å². The zero-order valence-electron chi connectivity index (χ0n) is 15.2. The van der Waals surface area contributed by atoms with Crippen LogP contribution >= 0.6 is 0 Å². The van der Waals surface area contributed by atoms with Crippen LogP contribution < -0.4 is 11.1 Å². The molecule has 1 heterocycles. The number of oxazole rings is 1. The summed E-state index contributed by atoms with van der Waals surface area (Å²) in [6, 6.07) is 11.9. The number of carbonyl (C=O) groups is 2. The molecule has 0 spiro atoms. The molecule has 3 rings (SSSR count). The van der Waals surface area contributed by atoms with E-state index in [2.05, 4.69) is 5.32 Å². The second-order valence-electron chi connectivity index (χ2n) is 6.25. The fourth-order valence-corrected chi connectivity index (χ4v) is 2.56. The maximum atomic E-state index is 12.1. The first kappa shape index (κ1) is 18.2. The minimum Gasteiger partial charge on any atom is -0.408 e. The summed E-state index contributed by atoms with van der Waals surface area (Å²) in [4.78, 5) is 37.0. The van der Waals surface area contributed by atoms with Crippen molar-refractivity contribution in [1.29, 1.82) is 0 Å². The molecule has 138 valence electrons. The number of hydrogen-bond acceptors (Lipinski definition) is 4. The van der Waals surface area contributed by atoms with Crippen molar-refractivity contribution in [3.63, 3.8) is 0 Å². The van der Waals surface area contributed by atoms with E-state index in [0.717, 1.165) is 5.56 Å². The number of hydrogen-bond donors (Lipinski definition) is 1. The van der Waals surface area contributed by atoms with Crippen LogP contribution in [0.25, 0.3) is 17.2 Å². The van der Waals surface area contributed by atoms with Gasteiger partial charge in [0, 0.05) is 38.5 Å². The second kappa shape index (κ2) is 7.33. The highest BCUT2D eigenvalue weighted by Crippen LogP contribution is 2.18. The Hall–Kier alpha value is -3.61. The maximum Gasteiger partial charge on any atom is 0.419 e. The number of nitrogens with one attached hydrogen (secondary N) is 1. The minimum absolute atomic E-state index is 0.0766. The lowest BCUT2D eigenvalue weighted by Crippen LogP contribution is -2.21. The molecule has 0 aliphatic carbocycles. The zero-order valence-corrected chi connectivity index (χ0v) is 15.2. The standard InChI is InChI=1S/C20H19N3O4/c1-22(2)19(25)14-7-4-13(5-8-14)6-11-18(24)21-15-9-10-17-16(12-15)23(3)20(26)27-17/h4-12H,1-3H3,(H,21,24)/b11-6+. The first-order valence-electron chi connectivity index (χ1n) is 8.25. The Morgan fingerprint density at radius 1 is 1.11 bits per heavy atom. The number of benzene rings is 2. The predicted molar refractivity (Wildman–Crippen MR) is 104 cm³/mol. The smallest absolute Gasteiger partial charge is 0.408 e. The molecule has 0 saturated carbocycles. The maximum absolute atomic E-state index is 12.1. The molecule has 2 aromatic carbocycles. The average Bonchev–Trinajstić information content (AvgIpc) is 2.94. The van der Waals surface area contributed by atoms with Crippen molar-refractivity contribution in [2.24, 2.45) is 7.05 Å². The summed E-state index contributed by atoms with van der Waals surface area (Å²) < 4.78 is 6.43. The molecule has 0 saturated heterocycles. The number of fused-ring (bicyclic) bond motifs is 1. The van der Waals surface area contributed by atoms with Crippen LogP contribution in [0.5, 0.6) is 0 Å². The molecule has 0 radical (unpaired) electrons. The molecular formula is C20H19N3O4. The molecule has 1 N–H and O–H groups in total. The molecule has 0 fully saturated rings. The molecule has 0 aliphatic heterocycles. The molecule has 27 heavy (non-hydrogen) atoms. The summed E-state index contributed by atoms with van der Waals surface area (Å²) in [5.74, 6) is -0.840. The van der Waals surface area contributed by atoms with Gasteiger partial charge in [0.1, 0.15) is 0 Å². The molecule has 0 aliphatic rings. The van der Waals surface area contributed by atoms with Gasteiger partial charge in [0.25, 0.3) is 5.91 Å². The molecule has 7 heteroatoms. The average molecular weight is 365 g/mol. The van der Waals surface area contributed by atoms with Crippen LogP contribution in [0.15, 0.2) is 57.8 Å². The quantitative estimate of drug-likeness (QED) is 0.720. The van der Waals surface area contributed by atoms with E-state index in [9.17, 15) is 14.4 Å². The minimum atomic E-state index is -0.454. The van der Waals surface area contributed by atoms with Crippen LogP contribution in [-0.2, 0) is 11.8 Å². The summed E-state index contributed by atoms with van der Waals surface area (Å²) in [5, 5.41) is 2.74. The number of carbonyl (C=O) groups excluding carboxylic acids is 2. The van der Waals surface area contributed by atoms with Gasteiger partial charge in [0.2, 0.25) is 5.91 Å². The molecule has 1 aromatic heterocycles. The van der Waals surface area contributed by atoms with Crippen LogP contribution in [0.2, 0.25) is 0 Å². The molecular weight excluding hydrogens is 346 g/mol. The van der Waals surface area contributed by atoms with Crippen LogP contribution in [0, 0.1) is 0 Å². The van der Waals surface area contributed by atoms with E-state index in [0.29, 0.717) is 22.4 Å². The van der Waals surface area contributed by atoms with E-state index < -0.39 is 5.76 Å². The van der Waals surface area contributed by atoms with Gasteiger partial charge >= 0.3 is 5.76 Å². The van der Waals surface area contributed by atoms with Crippen molar-refractivity contribution in [3.05, 3.63) is 70.2 Å². The number of aromatic nitrogens is 1. The summed E-state index contributed by atoms with van der Waals surface area (Å²) in [6.07, 6.45) is 3.06. The van der Waals surface area contributed by atoms with Gasteiger partial charge in [-0.05, 0) is 42.0 Å². The lowest BCUT2D eigenvalue weighted by molar-refractivity contribution is -0.111. The van der Waals surface area contributed by atoms with Crippen LogP contribution in [0.1, 0.15) is 15.9 Å². The van der Waals surface area contributed by atoms with E-state index in [4.69, 9.17) is 4.42 Å². The van der Waals surface area contributed by atoms with Gasteiger partial charge in [0.05, 0.1) is 5.52 Å². The Morgan fingerprint density at radius 3 is 2.48 bits per heavy atom. The molecule has 3 aromatic rings. The summed E-state index contributed by atoms with van der Waals surface area (Å²) in [7, 11) is 4.99. The topological polar surface area (TPSA) is 84.6 Å². The Bertz CT molecular complexity index is 1090. The number of aryl methyl sites for hydroxylation is 1. The SMILES string of the molecule is CN(C)C(=O)c1ccc(/C=C/C(=O)Nc2ccc3oc(=O)n(C)c3c2)cc1. The zero-order chi connectivity index (χ0) is 19.6. The summed E-state index contributed by atoms with van der Waals surface area (Å²) >= 11 is 0. The molecule has 2 amide bonds. The van der Waals surface area contributed by atoms with Gasteiger partial charge < -0.3 is 14.6 Å². The van der Waals surface area contributed by atoms with Crippen molar-refractivity contribution >= 4 is 34.7 Å². The monoisotopic (exact) mass is 365 g/mol. The molecule has 0 atom stereocenters. The molecule has 7 nitrogen and oxygen atoms in total. The van der Waals surface area contributed by atoms with Gasteiger partial charge in [-0.1, -0.05) is 12.1 Å². The first-order chi connectivity index (χ1) is 12.8. The Balaban J connectivity index is 1.69. The van der Waals surface area contributed by atoms with E-state index >= 15 is 0 Å². The molecule has 0 bridgehead atoms. The summed E-state index contributed by atoms with van der Waals surface area (Å²) in [6.45, 7) is 0. The van der Waals surface area contributed by atoms with E-state index in [-0.39, 0.29) is 11.8 Å². The normalized spacial score (nSPS) is 11.1. The lowest BCUT2D eigenvalue weighted by atomic mass is 10.1. The Kier molecular flexibility index (Phi) is 4.94. The van der Waals surface area contributed by atoms with Crippen LogP contribution in [-0.4, -0.2) is 35.4 Å². The van der Waals surface area contributed by atoms with Crippen LogP contribution in [0.3, 0.4) is 0 Å². The lowest BCUT2D eigenvalue weighted by Gasteiger charge is -2.09. The van der Waals surface area contributed by atoms with Crippen molar-refractivity contribution in [1.82, 2.24) is 9.47 Å². The number of amides is 2. The van der Waals surface area contributed by atoms with E-state index in [1.54, 1.807) is 69.7 Å². The number of nitrogens with zero attached hydrogens (tertiary/aromatic N) is 2. The number of anilines is 1. The third-order valence-electron chi connectivity index (χ3n) is 4.05. The Morgan fingerprint density at radius 2 is 1.81 bits per heavy atom. The van der Waals surface area contributed by atoms with Crippen molar-refractivity contribution < 1.29 is 14.0 Å². The third-order valence-corrected chi connectivity index (χ3v) is 4.05. The first-order valence-corrected chi connectivity index (χ1v) is 8.25. The van der Waals surface area contributed by atoms with Gasteiger partial charge in [-0.2, -0.15) is 0 Å². The van der Waals surface area contributed by atoms with Gasteiger partial charge in [-0.25, -0.2) is 4.79 Å². The fraction of sp³-hybridized carbons (Fsp3) is 0.150. The fourth-order valence-electron chi connectivity index (χ4n) is 2.56. The highest BCUT2D eigenvalue weighted by atomic mass is 16.4. The van der Waals surface area contributed by atoms with Crippen molar-refractivity contribution in [3.8, 4) is 0 Å². The summed E-state index contributed by atoms with van der Waals surface area (Å²) in [5.41, 5.74) is 3.00. The predicted octanol–water partition coefficient (Wildman–Crippen LogP) is 2.49. The van der Waals surface area contributed by atoms with E-state index in [1.165, 1.54) is 15.5 Å². The van der Waals surface area contributed by atoms with Crippen molar-refractivity contribution in [2.75, 3.05) is 19.4 Å². The van der Waals surface area contributed by atoms with Gasteiger partial charge in [-0.3, -0.25) is 14.2 Å². The number of rotatable bonds is 4. The highest BCUT2D eigenvalue weighted by Gasteiger charge is 2.08. The third kappa shape index (κ3) is 3.98. The van der Waals surface area contributed by atoms with Crippen molar-refractivity contribution in [2.45, 2.75) is 0 Å². The highest BCUT2D eigenvalue weighted by molar-refractivity contribution is 6.02. The van der Waals surface area contributed by atoms with E-state index in [1.807, 2.05) is 0 Å². The molecule has 0 unspecified atom stereocenters. The van der Waals surface area contributed by atoms with Gasteiger partial charge in [-0.15, -0.1) is 0 Å². The largest absolute Gasteiger partial charge is 0.419 e.